The summed E-state index contributed by atoms with van der Waals surface area (Å²) in [5.74, 6) is 0. The fourth-order valence-electron chi connectivity index (χ4n) is 2.47. The second-order valence-corrected chi connectivity index (χ2v) is 8.06. The van der Waals surface area contributed by atoms with E-state index in [1.165, 1.54) is 77.6 Å². The van der Waals surface area contributed by atoms with Gasteiger partial charge in [0.25, 0.3) is 0 Å². The van der Waals surface area contributed by atoms with Crippen LogP contribution in [0.4, 0.5) is 0 Å². The summed E-state index contributed by atoms with van der Waals surface area (Å²) in [5.41, 5.74) is 0. The molecule has 0 aromatic heterocycles. The van der Waals surface area contributed by atoms with Gasteiger partial charge in [0.2, 0.25) is 0 Å². The Hall–Kier alpha value is 3.30. The largest absolute Gasteiger partial charge is 1.00 e. The van der Waals surface area contributed by atoms with Gasteiger partial charge in [-0.2, -0.15) is 0 Å². The van der Waals surface area contributed by atoms with Crippen molar-refractivity contribution in [2.24, 2.45) is 0 Å². The Morgan fingerprint density at radius 3 is 1.32 bits per heavy atom. The summed E-state index contributed by atoms with van der Waals surface area (Å²) in [6.07, 6.45) is 16.9. The van der Waals surface area contributed by atoms with Crippen LogP contribution in [-0.4, -0.2) is 29.5 Å². The molecule has 0 heterocycles. The predicted octanol–water partition coefficient (Wildman–Crippen LogP) is -2.32. The first kappa shape index (κ1) is 38.6. The third-order valence-electron chi connectivity index (χ3n) is 4.01. The van der Waals surface area contributed by atoms with Crippen LogP contribution in [0.25, 0.3) is 0 Å². The average Bonchev–Trinajstić information content (AvgIpc) is 2.58. The number of hydrogen-bond donors (Lipinski definition) is 2. The molecule has 1 unspecified atom stereocenters. The number of phosphoric ester groups is 1. The first-order valence-electron chi connectivity index (χ1n) is 10.3. The molecule has 28 heavy (non-hydrogen) atoms. The maximum absolute atomic E-state index is 10.2. The van der Waals surface area contributed by atoms with Gasteiger partial charge in [0.15, 0.2) is 0 Å². The van der Waals surface area contributed by atoms with Gasteiger partial charge in [-0.05, 0) is 13.3 Å². The van der Waals surface area contributed by atoms with Gasteiger partial charge in [-0.25, -0.2) is 0 Å². The molecule has 0 aromatic rings. The van der Waals surface area contributed by atoms with Crippen molar-refractivity contribution in [3.63, 3.8) is 0 Å². The molecule has 0 amide bonds. The summed E-state index contributed by atoms with van der Waals surface area (Å²) in [5, 5.41) is 16.0. The minimum Gasteiger partial charge on any atom is -0.790 e. The molecule has 9 heteroatoms. The zero-order valence-electron chi connectivity index (χ0n) is 18.9. The molecular weight excluding hydrogens is 433 g/mol. The molecule has 0 bridgehead atoms. The molecule has 0 spiro atoms. The van der Waals surface area contributed by atoms with E-state index in [-0.39, 0.29) is 116 Å². The number of phosphoric acid groups is 1. The van der Waals surface area contributed by atoms with E-state index in [2.05, 4.69) is 11.4 Å². The molecule has 0 saturated carbocycles. The molecule has 0 aromatic carbocycles. The quantitative estimate of drug-likeness (QED) is 0.139. The fraction of sp³-hybridized carbons (Fsp3) is 1.00. The van der Waals surface area contributed by atoms with Crippen LogP contribution in [0.1, 0.15) is 104 Å². The molecule has 0 aliphatic rings. The van der Waals surface area contributed by atoms with Gasteiger partial charge in [-0.1, -0.05) is 90.4 Å². The van der Waals surface area contributed by atoms with Gasteiger partial charge in [0.05, 0.1) is 27.1 Å². The zero-order chi connectivity index (χ0) is 20.1. The zero-order valence-corrected chi connectivity index (χ0v) is 26.0. The van der Waals surface area contributed by atoms with E-state index in [4.69, 9.17) is 10.2 Å². The summed E-state index contributed by atoms with van der Waals surface area (Å²) < 4.78 is 14.4. The number of aliphatic hydroxyl groups is 2. The molecule has 0 aliphatic carbocycles. The third kappa shape index (κ3) is 43.2. The van der Waals surface area contributed by atoms with Crippen molar-refractivity contribution < 1.29 is 132 Å². The molecular formula is C19H41K2O6P. The second-order valence-electron chi connectivity index (χ2n) is 6.91. The van der Waals surface area contributed by atoms with Crippen molar-refractivity contribution in [1.29, 1.82) is 0 Å². The number of rotatable bonds is 17. The van der Waals surface area contributed by atoms with E-state index < -0.39 is 13.9 Å². The maximum Gasteiger partial charge on any atom is 1.00 e. The Morgan fingerprint density at radius 1 is 0.786 bits per heavy atom. The Balaban J connectivity index is -0.000000364. The van der Waals surface area contributed by atoms with Gasteiger partial charge >= 0.3 is 103 Å². The van der Waals surface area contributed by atoms with Crippen molar-refractivity contribution in [1.82, 2.24) is 0 Å². The van der Waals surface area contributed by atoms with E-state index >= 15 is 0 Å². The van der Waals surface area contributed by atoms with Crippen molar-refractivity contribution >= 4 is 7.82 Å². The first-order valence-corrected chi connectivity index (χ1v) is 11.7. The molecule has 0 saturated heterocycles. The average molecular weight is 475 g/mol. The van der Waals surface area contributed by atoms with E-state index in [0.29, 0.717) is 6.42 Å². The van der Waals surface area contributed by atoms with Crippen molar-refractivity contribution in [2.45, 2.75) is 110 Å². The monoisotopic (exact) mass is 474 g/mol. The SMILES string of the molecule is CC(O)CO.CCCCCCCCCCCCCCCCOP(=O)([O-])[O-].[K+].[K+]. The molecule has 160 valence electrons. The molecule has 6 nitrogen and oxygen atoms in total. The summed E-state index contributed by atoms with van der Waals surface area (Å²) in [4.78, 5) is 20.4. The first-order chi connectivity index (χ1) is 12.3. The van der Waals surface area contributed by atoms with Crippen LogP contribution in [0.5, 0.6) is 0 Å². The van der Waals surface area contributed by atoms with Crippen LogP contribution in [0.3, 0.4) is 0 Å². The van der Waals surface area contributed by atoms with E-state index in [1.54, 1.807) is 0 Å². The van der Waals surface area contributed by atoms with E-state index in [0.717, 1.165) is 12.8 Å². The minimum absolute atomic E-state index is 0. The molecule has 0 aliphatic heterocycles. The smallest absolute Gasteiger partial charge is 0.790 e. The van der Waals surface area contributed by atoms with Crippen LogP contribution >= 0.6 is 7.82 Å². The maximum atomic E-state index is 10.2. The van der Waals surface area contributed by atoms with Crippen LogP contribution in [0.2, 0.25) is 0 Å². The van der Waals surface area contributed by atoms with E-state index in [9.17, 15) is 14.4 Å². The Bertz CT molecular complexity index is 317. The van der Waals surface area contributed by atoms with Crippen molar-refractivity contribution in [3.8, 4) is 0 Å². The van der Waals surface area contributed by atoms with E-state index in [1.807, 2.05) is 0 Å². The second kappa shape index (κ2) is 30.3. The Kier molecular flexibility index (Phi) is 41.7. The minimum atomic E-state index is -4.75. The molecule has 0 radical (unpaired) electrons. The standard InChI is InChI=1S/C16H35O4P.C3H8O2.2K/c1-2-3-4-5-6-7-8-9-10-11-12-13-14-15-16-20-21(17,18)19;1-3(5)2-4;;/h2-16H2,1H3,(H2,17,18,19);3-5H,2H2,1H3;;/q;;2*+1/p-2. The Morgan fingerprint density at radius 2 is 1.07 bits per heavy atom. The predicted molar refractivity (Wildman–Crippen MR) is 103 cm³/mol. The topological polar surface area (TPSA) is 113 Å². The van der Waals surface area contributed by atoms with Crippen LogP contribution in [0, 0.1) is 0 Å². The van der Waals surface area contributed by atoms with Gasteiger partial charge in [0, 0.05) is 0 Å². The van der Waals surface area contributed by atoms with Crippen LogP contribution in [0.15, 0.2) is 0 Å². The molecule has 0 rings (SSSR count). The van der Waals surface area contributed by atoms with Crippen LogP contribution < -0.4 is 113 Å². The van der Waals surface area contributed by atoms with Gasteiger partial charge < -0.3 is 29.1 Å². The van der Waals surface area contributed by atoms with Gasteiger partial charge in [0.1, 0.15) is 0 Å². The van der Waals surface area contributed by atoms with Gasteiger partial charge in [-0.15, -0.1) is 0 Å². The molecule has 0 fully saturated rings. The molecule has 2 N–H and O–H groups in total. The van der Waals surface area contributed by atoms with Crippen LogP contribution in [-0.2, 0) is 9.09 Å². The summed E-state index contributed by atoms with van der Waals surface area (Å²) in [6, 6.07) is 0. The summed E-state index contributed by atoms with van der Waals surface area (Å²) >= 11 is 0. The fourth-order valence-corrected chi connectivity index (χ4v) is 2.83. The number of unbranched alkanes of at least 4 members (excludes halogenated alkanes) is 13. The number of aliphatic hydroxyl groups excluding tert-OH is 2. The van der Waals surface area contributed by atoms with Crippen molar-refractivity contribution in [3.05, 3.63) is 0 Å². The van der Waals surface area contributed by atoms with Gasteiger partial charge in [-0.3, -0.25) is 0 Å². The third-order valence-corrected chi connectivity index (χ3v) is 4.51. The summed E-state index contributed by atoms with van der Waals surface area (Å²) in [7, 11) is -4.75. The summed E-state index contributed by atoms with van der Waals surface area (Å²) in [6.45, 7) is 3.68. The number of hydrogen-bond acceptors (Lipinski definition) is 6. The molecule has 1 atom stereocenters. The Labute approximate surface area is 258 Å². The normalized spacial score (nSPS) is 11.6. The van der Waals surface area contributed by atoms with Crippen molar-refractivity contribution in [2.75, 3.05) is 13.2 Å².